The molecule has 0 radical (unpaired) electrons. The van der Waals surface area contributed by atoms with Crippen molar-refractivity contribution in [3.63, 3.8) is 0 Å². The van der Waals surface area contributed by atoms with E-state index in [1.54, 1.807) is 16.2 Å². The Morgan fingerprint density at radius 3 is 2.69 bits per heavy atom. The molecule has 8 heteroatoms. The van der Waals surface area contributed by atoms with Crippen LogP contribution < -0.4 is 10.6 Å². The van der Waals surface area contributed by atoms with Crippen molar-refractivity contribution in [1.29, 1.82) is 0 Å². The molecule has 0 saturated carbocycles. The molecule has 26 heavy (non-hydrogen) atoms. The maximum absolute atomic E-state index is 12.6. The number of rotatable bonds is 3. The van der Waals surface area contributed by atoms with E-state index < -0.39 is 0 Å². The number of thiophene rings is 1. The highest BCUT2D eigenvalue weighted by atomic mass is 32.1. The zero-order valence-corrected chi connectivity index (χ0v) is 16.1. The smallest absolute Gasteiger partial charge is 0.322 e. The number of carbonyl (C=O) groups excluding carboxylic acids is 2. The van der Waals surface area contributed by atoms with E-state index in [0.717, 1.165) is 28.7 Å². The van der Waals surface area contributed by atoms with E-state index >= 15 is 0 Å². The van der Waals surface area contributed by atoms with Gasteiger partial charge in [-0.05, 0) is 56.0 Å². The van der Waals surface area contributed by atoms with Crippen LogP contribution in [0.15, 0.2) is 17.5 Å². The predicted octanol–water partition coefficient (Wildman–Crippen LogP) is 3.97. The van der Waals surface area contributed by atoms with Crippen LogP contribution in [0, 0.1) is 5.92 Å². The Kier molecular flexibility index (Phi) is 5.21. The van der Waals surface area contributed by atoms with Gasteiger partial charge in [-0.1, -0.05) is 0 Å². The van der Waals surface area contributed by atoms with Gasteiger partial charge in [-0.25, -0.2) is 9.78 Å². The Labute approximate surface area is 160 Å². The van der Waals surface area contributed by atoms with Crippen molar-refractivity contribution >= 4 is 44.7 Å². The van der Waals surface area contributed by atoms with E-state index in [0.29, 0.717) is 25.9 Å². The molecule has 0 unspecified atom stereocenters. The summed E-state index contributed by atoms with van der Waals surface area (Å²) < 4.78 is 0. The van der Waals surface area contributed by atoms with Crippen LogP contribution in [-0.2, 0) is 17.6 Å². The lowest BCUT2D eigenvalue weighted by Gasteiger charge is -2.31. The molecule has 0 bridgehead atoms. The molecule has 138 valence electrons. The molecule has 3 heterocycles. The van der Waals surface area contributed by atoms with Crippen LogP contribution in [0.3, 0.4) is 0 Å². The molecule has 2 aliphatic rings. The third-order valence-electron chi connectivity index (χ3n) is 4.98. The second kappa shape index (κ2) is 7.75. The Hall–Kier alpha value is -1.93. The Bertz CT molecular complexity index is 756. The largest absolute Gasteiger partial charge is 0.324 e. The van der Waals surface area contributed by atoms with Crippen LogP contribution in [0.25, 0.3) is 0 Å². The summed E-state index contributed by atoms with van der Waals surface area (Å²) in [6.07, 6.45) is 5.90. The fourth-order valence-corrected chi connectivity index (χ4v) is 5.15. The molecule has 2 aromatic rings. The molecule has 2 aromatic heterocycles. The first-order chi connectivity index (χ1) is 12.7. The summed E-state index contributed by atoms with van der Waals surface area (Å²) in [5, 5.41) is 9.42. The number of likely N-dealkylation sites (tertiary alicyclic amines) is 1. The third kappa shape index (κ3) is 3.91. The SMILES string of the molecule is O=C(Nc1nc2c(s1)CCCC2)C1CCN(C(=O)Nc2cccs2)CC1. The highest BCUT2D eigenvalue weighted by Gasteiger charge is 2.28. The summed E-state index contributed by atoms with van der Waals surface area (Å²) in [5.41, 5.74) is 1.16. The summed E-state index contributed by atoms with van der Waals surface area (Å²) in [6, 6.07) is 3.71. The van der Waals surface area contributed by atoms with Gasteiger partial charge < -0.3 is 10.2 Å². The number of hydrogen-bond donors (Lipinski definition) is 2. The number of thiazole rings is 1. The summed E-state index contributed by atoms with van der Waals surface area (Å²) in [6.45, 7) is 1.20. The Balaban J connectivity index is 1.28. The summed E-state index contributed by atoms with van der Waals surface area (Å²) in [7, 11) is 0. The standard InChI is InChI=1S/C18H22N4O2S2/c23-16(21-17-19-13-4-1-2-5-14(13)26-17)12-7-9-22(10-8-12)18(24)20-15-6-3-11-25-15/h3,6,11-12H,1-2,4-5,7-10H2,(H,20,24)(H,19,21,23). The maximum atomic E-state index is 12.6. The van der Waals surface area contributed by atoms with Crippen molar-refractivity contribution in [3.05, 3.63) is 28.1 Å². The first-order valence-electron chi connectivity index (χ1n) is 9.08. The van der Waals surface area contributed by atoms with Gasteiger partial charge >= 0.3 is 6.03 Å². The predicted molar refractivity (Wildman–Crippen MR) is 105 cm³/mol. The average molecular weight is 391 g/mol. The van der Waals surface area contributed by atoms with Gasteiger partial charge in [0.2, 0.25) is 5.91 Å². The molecule has 0 aromatic carbocycles. The number of fused-ring (bicyclic) bond motifs is 1. The monoisotopic (exact) mass is 390 g/mol. The fraction of sp³-hybridized carbons (Fsp3) is 0.500. The second-order valence-electron chi connectivity index (χ2n) is 6.75. The van der Waals surface area contributed by atoms with Crippen LogP contribution >= 0.6 is 22.7 Å². The summed E-state index contributed by atoms with van der Waals surface area (Å²) in [5.74, 6) is -0.0175. The molecular weight excluding hydrogens is 368 g/mol. The van der Waals surface area contributed by atoms with Gasteiger partial charge in [-0.3, -0.25) is 10.1 Å². The van der Waals surface area contributed by atoms with Crippen LogP contribution in [0.4, 0.5) is 14.9 Å². The lowest BCUT2D eigenvalue weighted by molar-refractivity contribution is -0.121. The number of piperidine rings is 1. The van der Waals surface area contributed by atoms with E-state index in [2.05, 4.69) is 15.6 Å². The van der Waals surface area contributed by atoms with Crippen molar-refractivity contribution in [2.24, 2.45) is 5.92 Å². The molecule has 0 atom stereocenters. The molecule has 0 spiro atoms. The van der Waals surface area contributed by atoms with Gasteiger partial charge in [0.15, 0.2) is 5.13 Å². The number of nitrogens with one attached hydrogen (secondary N) is 2. The van der Waals surface area contributed by atoms with Crippen LogP contribution in [-0.4, -0.2) is 34.9 Å². The minimum Gasteiger partial charge on any atom is -0.324 e. The normalized spacial score (nSPS) is 17.6. The minimum absolute atomic E-state index is 0.0365. The minimum atomic E-state index is -0.0843. The van der Waals surface area contributed by atoms with E-state index in [4.69, 9.17) is 0 Å². The molecule has 6 nitrogen and oxygen atoms in total. The lowest BCUT2D eigenvalue weighted by atomic mass is 9.96. The highest BCUT2D eigenvalue weighted by molar-refractivity contribution is 7.16. The quantitative estimate of drug-likeness (QED) is 0.833. The van der Waals surface area contributed by atoms with Gasteiger partial charge in [0.05, 0.1) is 10.7 Å². The summed E-state index contributed by atoms with van der Waals surface area (Å²) in [4.78, 5) is 32.5. The number of aromatic nitrogens is 1. The van der Waals surface area contributed by atoms with Gasteiger partial charge in [0.1, 0.15) is 0 Å². The van der Waals surface area contributed by atoms with Crippen LogP contribution in [0.1, 0.15) is 36.3 Å². The first kappa shape index (κ1) is 17.5. The number of anilines is 2. The highest BCUT2D eigenvalue weighted by Crippen LogP contribution is 2.30. The van der Waals surface area contributed by atoms with E-state index in [1.165, 1.54) is 29.1 Å². The van der Waals surface area contributed by atoms with Crippen LogP contribution in [0.2, 0.25) is 0 Å². The zero-order chi connectivity index (χ0) is 17.9. The zero-order valence-electron chi connectivity index (χ0n) is 14.5. The number of urea groups is 1. The number of amides is 3. The fourth-order valence-electron chi connectivity index (χ4n) is 3.49. The van der Waals surface area contributed by atoms with E-state index in [9.17, 15) is 9.59 Å². The maximum Gasteiger partial charge on any atom is 0.322 e. The molecule has 3 amide bonds. The van der Waals surface area contributed by atoms with Crippen molar-refractivity contribution in [3.8, 4) is 0 Å². The van der Waals surface area contributed by atoms with Crippen molar-refractivity contribution in [2.75, 3.05) is 23.7 Å². The van der Waals surface area contributed by atoms with Gasteiger partial charge in [0.25, 0.3) is 0 Å². The lowest BCUT2D eigenvalue weighted by Crippen LogP contribution is -2.43. The Morgan fingerprint density at radius 1 is 1.15 bits per heavy atom. The van der Waals surface area contributed by atoms with Gasteiger partial charge in [-0.2, -0.15) is 0 Å². The molecule has 1 aliphatic heterocycles. The summed E-state index contributed by atoms with van der Waals surface area (Å²) >= 11 is 3.12. The third-order valence-corrected chi connectivity index (χ3v) is 6.84. The topological polar surface area (TPSA) is 74.3 Å². The molecule has 1 aliphatic carbocycles. The second-order valence-corrected chi connectivity index (χ2v) is 8.79. The van der Waals surface area contributed by atoms with Crippen molar-refractivity contribution in [2.45, 2.75) is 38.5 Å². The number of carbonyl (C=O) groups is 2. The van der Waals surface area contributed by atoms with Crippen molar-refractivity contribution < 1.29 is 9.59 Å². The van der Waals surface area contributed by atoms with Gasteiger partial charge in [-0.15, -0.1) is 22.7 Å². The number of nitrogens with zero attached hydrogens (tertiary/aromatic N) is 2. The first-order valence-corrected chi connectivity index (χ1v) is 10.8. The van der Waals surface area contributed by atoms with Crippen LogP contribution in [0.5, 0.6) is 0 Å². The van der Waals surface area contributed by atoms with Gasteiger partial charge in [0, 0.05) is 23.9 Å². The number of hydrogen-bond acceptors (Lipinski definition) is 5. The molecule has 4 rings (SSSR count). The molecule has 1 saturated heterocycles. The number of aryl methyl sites for hydroxylation is 2. The Morgan fingerprint density at radius 2 is 1.96 bits per heavy atom. The molecule has 1 fully saturated rings. The molecule has 2 N–H and O–H groups in total. The van der Waals surface area contributed by atoms with E-state index in [-0.39, 0.29) is 17.9 Å². The van der Waals surface area contributed by atoms with Crippen molar-refractivity contribution in [1.82, 2.24) is 9.88 Å². The molecular formula is C18H22N4O2S2. The van der Waals surface area contributed by atoms with E-state index in [1.807, 2.05) is 17.5 Å². The average Bonchev–Trinajstić information content (AvgIpc) is 3.30.